The van der Waals surface area contributed by atoms with Crippen LogP contribution in [-0.2, 0) is 9.84 Å². The molecule has 0 fully saturated rings. The molecule has 0 amide bonds. The van der Waals surface area contributed by atoms with E-state index in [0.717, 1.165) is 15.4 Å². The molecule has 5 heteroatoms. The van der Waals surface area contributed by atoms with E-state index in [4.69, 9.17) is 0 Å². The lowest BCUT2D eigenvalue weighted by Gasteiger charge is -2.15. The Balaban J connectivity index is 1.54. The first-order chi connectivity index (χ1) is 16.5. The molecular formula is C29H22O2S3. The van der Waals surface area contributed by atoms with Crippen molar-refractivity contribution in [2.75, 3.05) is 5.75 Å². The third kappa shape index (κ3) is 3.82. The maximum Gasteiger partial charge on any atom is 0.180 e. The second-order valence-corrected chi connectivity index (χ2v) is 13.4. The molecular weight excluding hydrogens is 477 g/mol. The summed E-state index contributed by atoms with van der Waals surface area (Å²) in [5.74, 6) is 0.0733. The van der Waals surface area contributed by atoms with Crippen LogP contribution in [0, 0.1) is 6.92 Å². The summed E-state index contributed by atoms with van der Waals surface area (Å²) in [6, 6.07) is 32.7. The Labute approximate surface area is 208 Å². The van der Waals surface area contributed by atoms with Gasteiger partial charge in [0, 0.05) is 20.9 Å². The first-order valence-corrected chi connectivity index (χ1v) is 14.6. The molecule has 0 saturated carbocycles. The Morgan fingerprint density at radius 2 is 1.15 bits per heavy atom. The van der Waals surface area contributed by atoms with Crippen molar-refractivity contribution in [2.45, 2.75) is 26.2 Å². The van der Waals surface area contributed by atoms with Crippen molar-refractivity contribution in [2.24, 2.45) is 0 Å². The lowest BCUT2D eigenvalue weighted by Crippen LogP contribution is -2.15. The quantitative estimate of drug-likeness (QED) is 0.253. The van der Waals surface area contributed by atoms with Gasteiger partial charge in [0.1, 0.15) is 0 Å². The van der Waals surface area contributed by atoms with Crippen LogP contribution in [0.1, 0.15) is 5.56 Å². The zero-order valence-corrected chi connectivity index (χ0v) is 21.0. The van der Waals surface area contributed by atoms with Gasteiger partial charge in [0.15, 0.2) is 9.84 Å². The van der Waals surface area contributed by atoms with E-state index in [9.17, 15) is 8.42 Å². The SMILES string of the molecule is Cc1ccc(S(=O)(=O)CC2Sc3ccc4ccccc4c3-c3c(ccc4ccccc34)S2)cc1. The molecule has 0 unspecified atom stereocenters. The minimum absolute atomic E-state index is 0.0733. The summed E-state index contributed by atoms with van der Waals surface area (Å²) < 4.78 is 26.5. The highest BCUT2D eigenvalue weighted by Gasteiger charge is 2.29. The van der Waals surface area contributed by atoms with Crippen molar-refractivity contribution in [3.8, 4) is 11.1 Å². The van der Waals surface area contributed by atoms with E-state index in [1.807, 2.05) is 19.1 Å². The van der Waals surface area contributed by atoms with Gasteiger partial charge in [-0.2, -0.15) is 0 Å². The third-order valence-corrected chi connectivity index (χ3v) is 11.1. The Morgan fingerprint density at radius 3 is 1.68 bits per heavy atom. The predicted octanol–water partition coefficient (Wildman–Crippen LogP) is 7.97. The van der Waals surface area contributed by atoms with Crippen molar-refractivity contribution in [3.05, 3.63) is 103 Å². The molecule has 1 heterocycles. The van der Waals surface area contributed by atoms with Gasteiger partial charge in [0.2, 0.25) is 0 Å². The molecule has 6 rings (SSSR count). The van der Waals surface area contributed by atoms with Gasteiger partial charge in [-0.1, -0.05) is 78.4 Å². The molecule has 5 aromatic rings. The Kier molecular flexibility index (Phi) is 5.44. The minimum Gasteiger partial charge on any atom is -0.224 e. The largest absolute Gasteiger partial charge is 0.224 e. The second kappa shape index (κ2) is 8.49. The summed E-state index contributed by atoms with van der Waals surface area (Å²) in [5, 5.41) is 4.79. The molecule has 0 aliphatic carbocycles. The van der Waals surface area contributed by atoms with Crippen LogP contribution < -0.4 is 0 Å². The molecule has 1 aliphatic heterocycles. The molecule has 0 saturated heterocycles. The minimum atomic E-state index is -3.42. The van der Waals surface area contributed by atoms with Crippen LogP contribution in [0.5, 0.6) is 0 Å². The van der Waals surface area contributed by atoms with E-state index < -0.39 is 9.84 Å². The van der Waals surface area contributed by atoms with Crippen LogP contribution in [0.15, 0.2) is 112 Å². The van der Waals surface area contributed by atoms with Gasteiger partial charge >= 0.3 is 0 Å². The summed E-state index contributed by atoms with van der Waals surface area (Å²) >= 11 is 3.33. The van der Waals surface area contributed by atoms with E-state index >= 15 is 0 Å². The smallest absolute Gasteiger partial charge is 0.180 e. The first kappa shape index (κ1) is 21.8. The summed E-state index contributed by atoms with van der Waals surface area (Å²) in [4.78, 5) is 2.65. The first-order valence-electron chi connectivity index (χ1n) is 11.2. The van der Waals surface area contributed by atoms with Gasteiger partial charge in [-0.15, -0.1) is 23.5 Å². The Hall–Kier alpha value is -2.73. The fourth-order valence-corrected chi connectivity index (χ4v) is 9.67. The molecule has 2 nitrogen and oxygen atoms in total. The number of hydrogen-bond acceptors (Lipinski definition) is 4. The summed E-state index contributed by atoms with van der Waals surface area (Å²) in [6.07, 6.45) is 0. The van der Waals surface area contributed by atoms with Gasteiger partial charge in [0.05, 0.1) is 15.2 Å². The average Bonchev–Trinajstić information content (AvgIpc) is 3.00. The molecule has 34 heavy (non-hydrogen) atoms. The number of fused-ring (bicyclic) bond motifs is 7. The van der Waals surface area contributed by atoms with Crippen LogP contribution in [0.2, 0.25) is 0 Å². The molecule has 0 aromatic heterocycles. The Morgan fingerprint density at radius 1 is 0.647 bits per heavy atom. The number of thioether (sulfide) groups is 2. The molecule has 168 valence electrons. The molecule has 0 atom stereocenters. The van der Waals surface area contributed by atoms with Crippen molar-refractivity contribution in [1.82, 2.24) is 0 Å². The second-order valence-electron chi connectivity index (χ2n) is 8.58. The van der Waals surface area contributed by atoms with E-state index in [1.165, 1.54) is 32.7 Å². The number of rotatable bonds is 3. The molecule has 0 spiro atoms. The normalized spacial score (nSPS) is 14.0. The van der Waals surface area contributed by atoms with E-state index in [0.29, 0.717) is 4.90 Å². The molecule has 0 N–H and O–H groups in total. The summed E-state index contributed by atoms with van der Waals surface area (Å²) in [5.41, 5.74) is 3.47. The lowest BCUT2D eigenvalue weighted by molar-refractivity contribution is 0.597. The monoisotopic (exact) mass is 498 g/mol. The number of aryl methyl sites for hydroxylation is 1. The van der Waals surface area contributed by atoms with Crippen LogP contribution >= 0.6 is 23.5 Å². The predicted molar refractivity (Wildman–Crippen MR) is 146 cm³/mol. The molecule has 1 aliphatic rings. The van der Waals surface area contributed by atoms with E-state index in [-0.39, 0.29) is 10.3 Å². The number of hydrogen-bond donors (Lipinski definition) is 0. The standard InChI is InChI=1S/C29H22O2S3/c1-19-10-14-22(15-11-19)34(30,31)18-27-32-25-16-12-20-6-2-4-8-23(20)28(25)29-24-9-5-3-7-21(24)13-17-26(29)33-27/h2-17,27H,18H2,1H3. The van der Waals surface area contributed by atoms with Gasteiger partial charge < -0.3 is 0 Å². The van der Waals surface area contributed by atoms with Gasteiger partial charge in [-0.3, -0.25) is 0 Å². The number of sulfone groups is 1. The van der Waals surface area contributed by atoms with Crippen molar-refractivity contribution in [1.29, 1.82) is 0 Å². The van der Waals surface area contributed by atoms with E-state index in [2.05, 4.69) is 72.8 Å². The highest BCUT2D eigenvalue weighted by Crippen LogP contribution is 2.52. The van der Waals surface area contributed by atoms with Crippen LogP contribution in [0.3, 0.4) is 0 Å². The summed E-state index contributed by atoms with van der Waals surface area (Å²) in [7, 11) is -3.42. The van der Waals surface area contributed by atoms with Gasteiger partial charge in [0.25, 0.3) is 0 Å². The Bertz CT molecular complexity index is 1570. The molecule has 0 bridgehead atoms. The highest BCUT2D eigenvalue weighted by atomic mass is 32.2. The highest BCUT2D eigenvalue weighted by molar-refractivity contribution is 8.18. The van der Waals surface area contributed by atoms with Crippen LogP contribution in [0.4, 0.5) is 0 Å². The van der Waals surface area contributed by atoms with Gasteiger partial charge in [-0.25, -0.2) is 8.42 Å². The van der Waals surface area contributed by atoms with Crippen LogP contribution in [0.25, 0.3) is 32.7 Å². The average molecular weight is 499 g/mol. The fraction of sp³-hybridized carbons (Fsp3) is 0.103. The molecule has 5 aromatic carbocycles. The van der Waals surface area contributed by atoms with E-state index in [1.54, 1.807) is 35.7 Å². The fourth-order valence-electron chi connectivity index (χ4n) is 4.61. The number of benzene rings is 5. The molecule has 0 radical (unpaired) electrons. The summed E-state index contributed by atoms with van der Waals surface area (Å²) in [6.45, 7) is 1.97. The van der Waals surface area contributed by atoms with Crippen LogP contribution in [-0.4, -0.2) is 18.8 Å². The van der Waals surface area contributed by atoms with Crippen molar-refractivity contribution < 1.29 is 8.42 Å². The van der Waals surface area contributed by atoms with Gasteiger partial charge in [-0.05, 0) is 52.7 Å². The maximum absolute atomic E-state index is 13.3. The maximum atomic E-state index is 13.3. The third-order valence-electron chi connectivity index (χ3n) is 6.28. The lowest BCUT2D eigenvalue weighted by atomic mass is 9.94. The zero-order valence-electron chi connectivity index (χ0n) is 18.6. The zero-order chi connectivity index (χ0) is 23.3. The van der Waals surface area contributed by atoms with Crippen molar-refractivity contribution in [3.63, 3.8) is 0 Å². The topological polar surface area (TPSA) is 34.1 Å². The van der Waals surface area contributed by atoms with Crippen molar-refractivity contribution >= 4 is 54.9 Å².